The average molecular weight is 604 g/mol. The van der Waals surface area contributed by atoms with E-state index in [9.17, 15) is 10.5 Å². The summed E-state index contributed by atoms with van der Waals surface area (Å²) in [7, 11) is 0. The molecule has 0 bridgehead atoms. The van der Waals surface area contributed by atoms with Gasteiger partial charge in [-0.2, -0.15) is 10.5 Å². The van der Waals surface area contributed by atoms with Crippen LogP contribution in [0.4, 0.5) is 0 Å². The number of fused-ring (bicyclic) bond motifs is 3. The summed E-state index contributed by atoms with van der Waals surface area (Å²) in [5.41, 5.74) is 7.93. The van der Waals surface area contributed by atoms with Crippen LogP contribution in [0.3, 0.4) is 0 Å². The number of benzene rings is 5. The molecular formula is C39H21N7O. The lowest BCUT2D eigenvalue weighted by Crippen LogP contribution is -2.00. The Hall–Kier alpha value is -7.03. The molecule has 0 amide bonds. The molecule has 8 nitrogen and oxygen atoms in total. The zero-order chi connectivity index (χ0) is 31.7. The second-order valence-electron chi connectivity index (χ2n) is 10.8. The first-order chi connectivity index (χ1) is 23.2. The molecule has 0 aliphatic carbocycles. The van der Waals surface area contributed by atoms with Crippen LogP contribution in [-0.4, -0.2) is 24.9 Å². The molecule has 0 atom stereocenters. The summed E-state index contributed by atoms with van der Waals surface area (Å²) < 4.78 is 5.92. The van der Waals surface area contributed by atoms with Crippen LogP contribution in [0, 0.1) is 22.7 Å². The number of nitrogens with zero attached hydrogens (tertiary/aromatic N) is 7. The maximum Gasteiger partial charge on any atom is 0.234 e. The molecule has 0 aliphatic rings. The van der Waals surface area contributed by atoms with Crippen LogP contribution < -0.4 is 0 Å². The summed E-state index contributed by atoms with van der Waals surface area (Å²) in [5, 5.41) is 19.7. The van der Waals surface area contributed by atoms with E-state index in [2.05, 4.69) is 34.2 Å². The van der Waals surface area contributed by atoms with Gasteiger partial charge in [0.25, 0.3) is 0 Å². The molecule has 8 aromatic rings. The maximum absolute atomic E-state index is 9.57. The van der Waals surface area contributed by atoms with Crippen molar-refractivity contribution in [3.63, 3.8) is 0 Å². The van der Waals surface area contributed by atoms with Crippen molar-refractivity contribution in [2.45, 2.75) is 0 Å². The van der Waals surface area contributed by atoms with Crippen LogP contribution in [-0.2, 0) is 0 Å². The Morgan fingerprint density at radius 2 is 0.979 bits per heavy atom. The lowest BCUT2D eigenvalue weighted by molar-refractivity contribution is 0.663. The number of hydrogen-bond donors (Lipinski definition) is 0. The zero-order valence-corrected chi connectivity index (χ0v) is 24.7. The minimum Gasteiger partial charge on any atom is -0.451 e. The van der Waals surface area contributed by atoms with Gasteiger partial charge in [0, 0.05) is 22.1 Å². The van der Waals surface area contributed by atoms with Gasteiger partial charge < -0.3 is 4.42 Å². The van der Waals surface area contributed by atoms with E-state index in [0.29, 0.717) is 34.0 Å². The lowest BCUT2D eigenvalue weighted by Gasteiger charge is -2.10. The van der Waals surface area contributed by atoms with Crippen molar-refractivity contribution in [3.05, 3.63) is 139 Å². The van der Waals surface area contributed by atoms with Gasteiger partial charge in [-0.05, 0) is 40.5 Å². The van der Waals surface area contributed by atoms with Gasteiger partial charge in [-0.25, -0.2) is 24.9 Å². The van der Waals surface area contributed by atoms with Gasteiger partial charge in [-0.3, -0.25) is 0 Å². The highest BCUT2D eigenvalue weighted by Crippen LogP contribution is 2.34. The van der Waals surface area contributed by atoms with Crippen molar-refractivity contribution < 1.29 is 4.42 Å². The highest BCUT2D eigenvalue weighted by Gasteiger charge is 2.17. The Morgan fingerprint density at radius 1 is 0.447 bits per heavy atom. The quantitative estimate of drug-likeness (QED) is 0.191. The molecule has 5 aromatic carbocycles. The van der Waals surface area contributed by atoms with Crippen LogP contribution in [0.15, 0.2) is 132 Å². The van der Waals surface area contributed by atoms with Crippen molar-refractivity contribution in [1.82, 2.24) is 24.9 Å². The van der Waals surface area contributed by atoms with Crippen LogP contribution in [0.5, 0.6) is 0 Å². The van der Waals surface area contributed by atoms with Gasteiger partial charge in [0.2, 0.25) is 5.82 Å². The van der Waals surface area contributed by atoms with Crippen LogP contribution in [0.2, 0.25) is 0 Å². The van der Waals surface area contributed by atoms with Crippen molar-refractivity contribution in [3.8, 4) is 68.6 Å². The van der Waals surface area contributed by atoms with E-state index in [1.54, 1.807) is 0 Å². The molecule has 0 saturated heterocycles. The number of aromatic nitrogens is 5. The predicted molar refractivity (Wildman–Crippen MR) is 179 cm³/mol. The van der Waals surface area contributed by atoms with Gasteiger partial charge in [-0.1, -0.05) is 109 Å². The van der Waals surface area contributed by atoms with E-state index in [1.807, 2.05) is 115 Å². The first-order valence-electron chi connectivity index (χ1n) is 14.8. The van der Waals surface area contributed by atoms with E-state index in [0.717, 1.165) is 38.9 Å². The minimum atomic E-state index is -0.0845. The lowest BCUT2D eigenvalue weighted by atomic mass is 10.0. The molecule has 0 N–H and O–H groups in total. The fourth-order valence-corrected chi connectivity index (χ4v) is 5.58. The summed E-state index contributed by atoms with van der Waals surface area (Å²) in [6.45, 7) is 0. The van der Waals surface area contributed by atoms with Crippen LogP contribution in [0.1, 0.15) is 11.5 Å². The van der Waals surface area contributed by atoms with Gasteiger partial charge in [0.1, 0.15) is 23.2 Å². The van der Waals surface area contributed by atoms with E-state index >= 15 is 0 Å². The molecule has 0 aliphatic heterocycles. The molecule has 8 rings (SSSR count). The van der Waals surface area contributed by atoms with E-state index in [-0.39, 0.29) is 17.1 Å². The third kappa shape index (κ3) is 5.12. The smallest absolute Gasteiger partial charge is 0.234 e. The second-order valence-corrected chi connectivity index (χ2v) is 10.8. The third-order valence-corrected chi connectivity index (χ3v) is 7.89. The summed E-state index contributed by atoms with van der Waals surface area (Å²) in [6, 6.07) is 46.0. The standard InChI is InChI=1S/C39H21N7O/c40-22-32-36-35(43-34(23-41)42-32)31-21-29(18-19-33(31)47-36)28-12-7-13-30(20-28)39-45-37(26-10-5-2-6-11-26)44-38(46-39)27-16-14-25(15-17-27)24-8-3-1-4-9-24/h1-21H. The summed E-state index contributed by atoms with van der Waals surface area (Å²) in [5.74, 6) is 1.61. The van der Waals surface area contributed by atoms with E-state index in [1.165, 1.54) is 0 Å². The van der Waals surface area contributed by atoms with Gasteiger partial charge in [0.15, 0.2) is 28.8 Å². The fraction of sp³-hybridized carbons (Fsp3) is 0. The molecule has 0 saturated carbocycles. The first kappa shape index (κ1) is 27.5. The largest absolute Gasteiger partial charge is 0.451 e. The average Bonchev–Trinajstić information content (AvgIpc) is 3.53. The molecule has 0 unspecified atom stereocenters. The van der Waals surface area contributed by atoms with Crippen molar-refractivity contribution in [1.29, 1.82) is 10.5 Å². The molecule has 3 heterocycles. The van der Waals surface area contributed by atoms with E-state index < -0.39 is 0 Å². The number of nitriles is 2. The molecule has 8 heteroatoms. The maximum atomic E-state index is 9.57. The van der Waals surface area contributed by atoms with Crippen LogP contribution in [0.25, 0.3) is 78.5 Å². The molecule has 218 valence electrons. The van der Waals surface area contributed by atoms with Crippen LogP contribution >= 0.6 is 0 Å². The van der Waals surface area contributed by atoms with Gasteiger partial charge in [0.05, 0.1) is 0 Å². The molecule has 47 heavy (non-hydrogen) atoms. The predicted octanol–water partition coefficient (Wildman–Crippen LogP) is 8.64. The SMILES string of the molecule is N#Cc1nc(C#N)c2oc3ccc(-c4cccc(-c5nc(-c6ccccc6)nc(-c6ccc(-c7ccccc7)cc6)n5)c4)cc3c2n1. The van der Waals surface area contributed by atoms with E-state index in [4.69, 9.17) is 19.4 Å². The Kier molecular flexibility index (Phi) is 6.72. The molecule has 0 spiro atoms. The van der Waals surface area contributed by atoms with Crippen molar-refractivity contribution in [2.75, 3.05) is 0 Å². The van der Waals surface area contributed by atoms with Gasteiger partial charge >= 0.3 is 0 Å². The summed E-state index contributed by atoms with van der Waals surface area (Å²) in [6.07, 6.45) is 0. The number of furan rings is 1. The molecule has 3 aromatic heterocycles. The topological polar surface area (TPSA) is 125 Å². The second kappa shape index (κ2) is 11.5. The summed E-state index contributed by atoms with van der Waals surface area (Å²) in [4.78, 5) is 23.1. The Morgan fingerprint density at radius 3 is 1.66 bits per heavy atom. The fourth-order valence-electron chi connectivity index (χ4n) is 5.58. The normalized spacial score (nSPS) is 10.9. The minimum absolute atomic E-state index is 0.0286. The summed E-state index contributed by atoms with van der Waals surface area (Å²) >= 11 is 0. The third-order valence-electron chi connectivity index (χ3n) is 7.89. The monoisotopic (exact) mass is 603 g/mol. The number of hydrogen-bond acceptors (Lipinski definition) is 8. The zero-order valence-electron chi connectivity index (χ0n) is 24.7. The van der Waals surface area contributed by atoms with Gasteiger partial charge in [-0.15, -0.1) is 0 Å². The molecule has 0 radical (unpaired) electrons. The van der Waals surface area contributed by atoms with Crippen molar-refractivity contribution >= 4 is 22.1 Å². The Bertz CT molecular complexity index is 2530. The first-order valence-corrected chi connectivity index (χ1v) is 14.8. The highest BCUT2D eigenvalue weighted by atomic mass is 16.3. The Balaban J connectivity index is 1.23. The number of rotatable bonds is 5. The molecular weight excluding hydrogens is 582 g/mol. The highest BCUT2D eigenvalue weighted by molar-refractivity contribution is 6.05. The Labute approximate surface area is 268 Å². The molecule has 0 fully saturated rings. The van der Waals surface area contributed by atoms with Crippen molar-refractivity contribution in [2.24, 2.45) is 0 Å².